The summed E-state index contributed by atoms with van der Waals surface area (Å²) in [5, 5.41) is 4.28. The Morgan fingerprint density at radius 1 is 1.27 bits per heavy atom. The summed E-state index contributed by atoms with van der Waals surface area (Å²) >= 11 is 5.92. The Kier molecular flexibility index (Phi) is 6.63. The number of carbonyl (C=O) groups excluding carboxylic acids is 1. The van der Waals surface area contributed by atoms with Crippen molar-refractivity contribution >= 4 is 23.7 Å². The second-order valence-corrected chi connectivity index (χ2v) is 5.72. The van der Waals surface area contributed by atoms with E-state index in [9.17, 15) is 18.0 Å². The number of benzene rings is 2. The third-order valence-corrected chi connectivity index (χ3v) is 3.52. The number of nitrogens with one attached hydrogen (secondary N) is 1. The summed E-state index contributed by atoms with van der Waals surface area (Å²) in [6.07, 6.45) is -3.32. The molecule has 1 N–H and O–H groups in total. The molecule has 2 aromatic carbocycles. The van der Waals surface area contributed by atoms with E-state index >= 15 is 0 Å². The fraction of sp³-hybridized carbons (Fsp3) is 0.222. The van der Waals surface area contributed by atoms with Crippen LogP contribution in [0.1, 0.15) is 23.6 Å². The van der Waals surface area contributed by atoms with E-state index in [1.165, 1.54) is 18.3 Å². The predicted octanol–water partition coefficient (Wildman–Crippen LogP) is 4.45. The topological polar surface area (TPSA) is 50.7 Å². The molecular formula is C18H16ClF3N2O2. The van der Waals surface area contributed by atoms with Gasteiger partial charge in [0.25, 0.3) is 0 Å². The molecule has 2 aromatic rings. The van der Waals surface area contributed by atoms with E-state index in [-0.39, 0.29) is 12.0 Å². The van der Waals surface area contributed by atoms with Crippen molar-refractivity contribution in [2.45, 2.75) is 19.5 Å². The second kappa shape index (κ2) is 8.71. The molecule has 0 aliphatic rings. The van der Waals surface area contributed by atoms with Gasteiger partial charge in [-0.1, -0.05) is 29.8 Å². The Hall–Kier alpha value is -2.54. The maximum atomic E-state index is 12.7. The molecule has 0 aliphatic carbocycles. The highest BCUT2D eigenvalue weighted by molar-refractivity contribution is 6.30. The van der Waals surface area contributed by atoms with Crippen molar-refractivity contribution in [3.05, 3.63) is 64.2 Å². The summed E-state index contributed by atoms with van der Waals surface area (Å²) in [6.45, 7) is 2.27. The molecular weight excluding hydrogens is 369 g/mol. The van der Waals surface area contributed by atoms with Crippen LogP contribution in [0, 0.1) is 0 Å². The summed E-state index contributed by atoms with van der Waals surface area (Å²) < 4.78 is 43.5. The van der Waals surface area contributed by atoms with Crippen LogP contribution in [0.2, 0.25) is 5.02 Å². The molecule has 0 radical (unpaired) electrons. The Labute approximate surface area is 153 Å². The Morgan fingerprint density at radius 2 is 2.04 bits per heavy atom. The summed E-state index contributed by atoms with van der Waals surface area (Å²) in [5.74, 6) is 0.00772. The SMILES string of the molecule is CCOc1ccc(Cl)cc1/C=N/NC(=O)Cc1cccc(C(F)(F)F)c1. The molecule has 26 heavy (non-hydrogen) atoms. The zero-order valence-corrected chi connectivity index (χ0v) is 14.6. The Bertz CT molecular complexity index is 807. The fourth-order valence-electron chi connectivity index (χ4n) is 2.16. The second-order valence-electron chi connectivity index (χ2n) is 5.28. The largest absolute Gasteiger partial charge is 0.493 e. The van der Waals surface area contributed by atoms with Gasteiger partial charge >= 0.3 is 6.18 Å². The van der Waals surface area contributed by atoms with E-state index in [1.54, 1.807) is 18.2 Å². The molecule has 4 nitrogen and oxygen atoms in total. The predicted molar refractivity (Wildman–Crippen MR) is 93.5 cm³/mol. The van der Waals surface area contributed by atoms with E-state index in [0.717, 1.165) is 12.1 Å². The average molecular weight is 385 g/mol. The molecule has 0 unspecified atom stereocenters. The molecule has 1 amide bonds. The molecule has 0 fully saturated rings. The zero-order valence-electron chi connectivity index (χ0n) is 13.8. The molecule has 8 heteroatoms. The van der Waals surface area contributed by atoms with Crippen molar-refractivity contribution in [1.29, 1.82) is 0 Å². The number of hydrazone groups is 1. The third kappa shape index (κ3) is 5.77. The van der Waals surface area contributed by atoms with Gasteiger partial charge in [-0.2, -0.15) is 18.3 Å². The fourth-order valence-corrected chi connectivity index (χ4v) is 2.34. The van der Waals surface area contributed by atoms with Gasteiger partial charge in [0.2, 0.25) is 5.91 Å². The number of nitrogens with zero attached hydrogens (tertiary/aromatic N) is 1. The van der Waals surface area contributed by atoms with Crippen molar-refractivity contribution < 1.29 is 22.7 Å². The van der Waals surface area contributed by atoms with Gasteiger partial charge in [-0.05, 0) is 36.8 Å². The molecule has 138 valence electrons. The highest BCUT2D eigenvalue weighted by atomic mass is 35.5. The summed E-state index contributed by atoms with van der Waals surface area (Å²) in [4.78, 5) is 11.9. The standard InChI is InChI=1S/C18H16ClF3N2O2/c1-2-26-16-7-6-15(19)10-13(16)11-23-24-17(25)9-12-4-3-5-14(8-12)18(20,21)22/h3-8,10-11H,2,9H2,1H3,(H,24,25)/b23-11+. The Balaban J connectivity index is 2.01. The minimum Gasteiger partial charge on any atom is -0.493 e. The van der Waals surface area contributed by atoms with Gasteiger partial charge in [-0.25, -0.2) is 5.43 Å². The van der Waals surface area contributed by atoms with Crippen LogP contribution in [-0.2, 0) is 17.4 Å². The van der Waals surface area contributed by atoms with Crippen LogP contribution in [-0.4, -0.2) is 18.7 Å². The van der Waals surface area contributed by atoms with Crippen LogP contribution in [0.3, 0.4) is 0 Å². The van der Waals surface area contributed by atoms with Gasteiger partial charge < -0.3 is 4.74 Å². The van der Waals surface area contributed by atoms with Gasteiger partial charge in [0.1, 0.15) is 5.75 Å². The van der Waals surface area contributed by atoms with Crippen LogP contribution in [0.15, 0.2) is 47.6 Å². The number of hydrogen-bond acceptors (Lipinski definition) is 3. The minimum atomic E-state index is -4.45. The van der Waals surface area contributed by atoms with E-state index in [1.807, 2.05) is 6.92 Å². The molecule has 0 spiro atoms. The van der Waals surface area contributed by atoms with E-state index < -0.39 is 17.6 Å². The first-order valence-corrected chi connectivity index (χ1v) is 8.07. The van der Waals surface area contributed by atoms with Crippen LogP contribution >= 0.6 is 11.6 Å². The average Bonchev–Trinajstić information content (AvgIpc) is 2.57. The highest BCUT2D eigenvalue weighted by Crippen LogP contribution is 2.29. The number of carbonyl (C=O) groups is 1. The van der Waals surface area contributed by atoms with Crippen molar-refractivity contribution in [1.82, 2.24) is 5.43 Å². The van der Waals surface area contributed by atoms with Crippen molar-refractivity contribution in [3.63, 3.8) is 0 Å². The van der Waals surface area contributed by atoms with Gasteiger partial charge in [-0.3, -0.25) is 4.79 Å². The maximum absolute atomic E-state index is 12.7. The van der Waals surface area contributed by atoms with Gasteiger partial charge in [0.05, 0.1) is 24.8 Å². The van der Waals surface area contributed by atoms with Gasteiger partial charge in [0, 0.05) is 10.6 Å². The van der Waals surface area contributed by atoms with Crippen molar-refractivity contribution in [2.75, 3.05) is 6.61 Å². The molecule has 0 heterocycles. The normalized spacial score (nSPS) is 11.6. The third-order valence-electron chi connectivity index (χ3n) is 3.28. The number of alkyl halides is 3. The lowest BCUT2D eigenvalue weighted by Crippen LogP contribution is -2.20. The van der Waals surface area contributed by atoms with E-state index in [0.29, 0.717) is 22.9 Å². The lowest BCUT2D eigenvalue weighted by Gasteiger charge is -2.08. The lowest BCUT2D eigenvalue weighted by atomic mass is 10.1. The Morgan fingerprint density at radius 3 is 2.73 bits per heavy atom. The van der Waals surface area contributed by atoms with Crippen LogP contribution in [0.4, 0.5) is 13.2 Å². The number of halogens is 4. The molecule has 0 bridgehead atoms. The van der Waals surface area contributed by atoms with Gasteiger partial charge in [0.15, 0.2) is 0 Å². The van der Waals surface area contributed by atoms with E-state index in [2.05, 4.69) is 10.5 Å². The monoisotopic (exact) mass is 384 g/mol. The summed E-state index contributed by atoms with van der Waals surface area (Å²) in [6, 6.07) is 9.56. The lowest BCUT2D eigenvalue weighted by molar-refractivity contribution is -0.137. The van der Waals surface area contributed by atoms with Crippen LogP contribution < -0.4 is 10.2 Å². The highest BCUT2D eigenvalue weighted by Gasteiger charge is 2.30. The first kappa shape index (κ1) is 19.8. The molecule has 0 aliphatic heterocycles. The van der Waals surface area contributed by atoms with Crippen molar-refractivity contribution in [2.24, 2.45) is 5.10 Å². The molecule has 0 aromatic heterocycles. The quantitative estimate of drug-likeness (QED) is 0.591. The summed E-state index contributed by atoms with van der Waals surface area (Å²) in [7, 11) is 0. The van der Waals surface area contributed by atoms with Crippen LogP contribution in [0.5, 0.6) is 5.75 Å². The maximum Gasteiger partial charge on any atom is 0.416 e. The first-order chi connectivity index (χ1) is 12.3. The number of rotatable bonds is 6. The minimum absolute atomic E-state index is 0.227. The van der Waals surface area contributed by atoms with E-state index in [4.69, 9.17) is 16.3 Å². The number of amides is 1. The molecule has 2 rings (SSSR count). The smallest absolute Gasteiger partial charge is 0.416 e. The molecule has 0 saturated heterocycles. The molecule has 0 atom stereocenters. The number of hydrogen-bond donors (Lipinski definition) is 1. The number of ether oxygens (including phenoxy) is 1. The molecule has 0 saturated carbocycles. The van der Waals surface area contributed by atoms with Gasteiger partial charge in [-0.15, -0.1) is 0 Å². The summed E-state index contributed by atoms with van der Waals surface area (Å²) in [5.41, 5.74) is 2.29. The van der Waals surface area contributed by atoms with Crippen LogP contribution in [0.25, 0.3) is 0 Å². The first-order valence-electron chi connectivity index (χ1n) is 7.70. The zero-order chi connectivity index (χ0) is 19.2. The van der Waals surface area contributed by atoms with Crippen molar-refractivity contribution in [3.8, 4) is 5.75 Å².